The van der Waals surface area contributed by atoms with Crippen molar-refractivity contribution in [2.24, 2.45) is 11.8 Å². The number of hydrogen-bond donors (Lipinski definition) is 1. The van der Waals surface area contributed by atoms with Crippen LogP contribution in [0.25, 0.3) is 0 Å². The topological polar surface area (TPSA) is 21.3 Å². The molecule has 1 saturated carbocycles. The van der Waals surface area contributed by atoms with Crippen molar-refractivity contribution in [3.8, 4) is 0 Å². The van der Waals surface area contributed by atoms with Crippen molar-refractivity contribution in [3.63, 3.8) is 0 Å². The molecule has 0 bridgehead atoms. The van der Waals surface area contributed by atoms with Gasteiger partial charge in [-0.3, -0.25) is 5.32 Å². The maximum absolute atomic E-state index is 6.20. The second kappa shape index (κ2) is 4.66. The van der Waals surface area contributed by atoms with Crippen LogP contribution in [0.15, 0.2) is 0 Å². The molecule has 2 rings (SSSR count). The summed E-state index contributed by atoms with van der Waals surface area (Å²) in [6.45, 7) is 9.20. The van der Waals surface area contributed by atoms with Gasteiger partial charge in [-0.05, 0) is 57.8 Å². The van der Waals surface area contributed by atoms with Crippen molar-refractivity contribution >= 4 is 0 Å². The van der Waals surface area contributed by atoms with Gasteiger partial charge in [-0.2, -0.15) is 0 Å². The van der Waals surface area contributed by atoms with Crippen LogP contribution < -0.4 is 5.32 Å². The molecule has 2 unspecified atom stereocenters. The summed E-state index contributed by atoms with van der Waals surface area (Å²) in [6, 6.07) is 0.611. The summed E-state index contributed by atoms with van der Waals surface area (Å²) in [4.78, 5) is 0. The Kier molecular flexibility index (Phi) is 3.60. The zero-order chi connectivity index (χ0) is 11.8. The second-order valence-corrected chi connectivity index (χ2v) is 6.29. The van der Waals surface area contributed by atoms with Crippen LogP contribution in [0.1, 0.15) is 59.8 Å². The van der Waals surface area contributed by atoms with E-state index in [-0.39, 0.29) is 5.72 Å². The van der Waals surface area contributed by atoms with Gasteiger partial charge < -0.3 is 4.74 Å². The maximum Gasteiger partial charge on any atom is 0.119 e. The van der Waals surface area contributed by atoms with Gasteiger partial charge in [0, 0.05) is 6.04 Å². The minimum Gasteiger partial charge on any atom is -0.358 e. The Balaban J connectivity index is 1.95. The van der Waals surface area contributed by atoms with E-state index in [1.807, 2.05) is 0 Å². The Labute approximate surface area is 100 Å². The molecule has 2 nitrogen and oxygen atoms in total. The van der Waals surface area contributed by atoms with Crippen molar-refractivity contribution in [3.05, 3.63) is 0 Å². The van der Waals surface area contributed by atoms with Gasteiger partial charge in [0.05, 0.1) is 6.10 Å². The van der Waals surface area contributed by atoms with Gasteiger partial charge in [0.2, 0.25) is 0 Å². The third-order valence-corrected chi connectivity index (χ3v) is 4.40. The van der Waals surface area contributed by atoms with Gasteiger partial charge in [0.15, 0.2) is 0 Å². The second-order valence-electron chi connectivity index (χ2n) is 6.29. The Morgan fingerprint density at radius 3 is 2.31 bits per heavy atom. The molecule has 0 radical (unpaired) electrons. The number of nitrogens with one attached hydrogen (secondary N) is 1. The fourth-order valence-electron chi connectivity index (χ4n) is 3.51. The zero-order valence-electron chi connectivity index (χ0n) is 11.3. The van der Waals surface area contributed by atoms with Gasteiger partial charge >= 0.3 is 0 Å². The highest BCUT2D eigenvalue weighted by Gasteiger charge is 2.41. The molecule has 1 aliphatic heterocycles. The van der Waals surface area contributed by atoms with Crippen molar-refractivity contribution in [2.45, 2.75) is 77.7 Å². The molecule has 1 saturated heterocycles. The number of rotatable bonds is 1. The van der Waals surface area contributed by atoms with Gasteiger partial charge in [-0.25, -0.2) is 0 Å². The summed E-state index contributed by atoms with van der Waals surface area (Å²) in [5.74, 6) is 1.74. The van der Waals surface area contributed by atoms with E-state index in [4.69, 9.17) is 4.74 Å². The van der Waals surface area contributed by atoms with E-state index in [1.54, 1.807) is 0 Å². The third-order valence-electron chi connectivity index (χ3n) is 4.40. The van der Waals surface area contributed by atoms with Crippen molar-refractivity contribution in [2.75, 3.05) is 0 Å². The molecular weight excluding hydrogens is 198 g/mol. The first kappa shape index (κ1) is 12.4. The lowest BCUT2D eigenvalue weighted by Crippen LogP contribution is -2.59. The molecule has 1 spiro atoms. The highest BCUT2D eigenvalue weighted by Crippen LogP contribution is 2.39. The van der Waals surface area contributed by atoms with Crippen molar-refractivity contribution in [1.82, 2.24) is 5.32 Å². The van der Waals surface area contributed by atoms with Gasteiger partial charge in [0.25, 0.3) is 0 Å². The number of hydrogen-bond acceptors (Lipinski definition) is 2. The molecule has 2 aliphatic rings. The summed E-state index contributed by atoms with van der Waals surface area (Å²) in [5.41, 5.74) is 0.0163. The molecule has 0 aromatic rings. The fraction of sp³-hybridized carbons (Fsp3) is 1.00. The van der Waals surface area contributed by atoms with Crippen LogP contribution in [-0.2, 0) is 4.74 Å². The highest BCUT2D eigenvalue weighted by molar-refractivity contribution is 4.91. The van der Waals surface area contributed by atoms with Crippen LogP contribution >= 0.6 is 0 Å². The fourth-order valence-corrected chi connectivity index (χ4v) is 3.51. The lowest BCUT2D eigenvalue weighted by Gasteiger charge is -2.48. The average molecular weight is 225 g/mol. The van der Waals surface area contributed by atoms with Gasteiger partial charge in [-0.1, -0.05) is 13.8 Å². The normalized spacial score (nSPS) is 45.2. The first-order chi connectivity index (χ1) is 7.51. The molecule has 2 heteroatoms. The van der Waals surface area contributed by atoms with Crippen LogP contribution in [0.4, 0.5) is 0 Å². The van der Waals surface area contributed by atoms with E-state index in [2.05, 4.69) is 33.0 Å². The SMILES string of the molecule is CC1CC(C)OC2(CCC(C(C)C)CC2)N1. The van der Waals surface area contributed by atoms with E-state index in [0.29, 0.717) is 12.1 Å². The Hall–Kier alpha value is -0.0800. The van der Waals surface area contributed by atoms with Gasteiger partial charge in [-0.15, -0.1) is 0 Å². The Morgan fingerprint density at radius 2 is 1.81 bits per heavy atom. The minimum atomic E-state index is 0.0163. The van der Waals surface area contributed by atoms with E-state index >= 15 is 0 Å². The standard InChI is InChI=1S/C14H27NO/c1-10(2)13-5-7-14(8-6-13)15-11(3)9-12(4)16-14/h10-13,15H,5-9H2,1-4H3. The summed E-state index contributed by atoms with van der Waals surface area (Å²) >= 11 is 0. The smallest absolute Gasteiger partial charge is 0.119 e. The maximum atomic E-state index is 6.20. The van der Waals surface area contributed by atoms with Crippen LogP contribution in [0, 0.1) is 11.8 Å². The third kappa shape index (κ3) is 2.60. The van der Waals surface area contributed by atoms with Crippen LogP contribution in [0.2, 0.25) is 0 Å². The lowest BCUT2D eigenvalue weighted by molar-refractivity contribution is -0.170. The molecule has 0 aromatic carbocycles. The molecular formula is C14H27NO. The first-order valence-electron chi connectivity index (χ1n) is 6.96. The highest BCUT2D eigenvalue weighted by atomic mass is 16.5. The molecule has 16 heavy (non-hydrogen) atoms. The molecule has 1 N–H and O–H groups in total. The first-order valence-corrected chi connectivity index (χ1v) is 6.96. The minimum absolute atomic E-state index is 0.0163. The monoisotopic (exact) mass is 225 g/mol. The summed E-state index contributed by atoms with van der Waals surface area (Å²) in [5, 5.41) is 3.70. The molecule has 1 aliphatic carbocycles. The van der Waals surface area contributed by atoms with Crippen LogP contribution in [0.3, 0.4) is 0 Å². The summed E-state index contributed by atoms with van der Waals surface area (Å²) in [6.07, 6.45) is 6.62. The largest absolute Gasteiger partial charge is 0.358 e. The van der Waals surface area contributed by atoms with Crippen molar-refractivity contribution < 1.29 is 4.74 Å². The zero-order valence-corrected chi connectivity index (χ0v) is 11.3. The van der Waals surface area contributed by atoms with E-state index in [0.717, 1.165) is 18.3 Å². The molecule has 0 amide bonds. The van der Waals surface area contributed by atoms with Crippen molar-refractivity contribution in [1.29, 1.82) is 0 Å². The molecule has 2 fully saturated rings. The van der Waals surface area contributed by atoms with Gasteiger partial charge in [0.1, 0.15) is 5.72 Å². The summed E-state index contributed by atoms with van der Waals surface area (Å²) < 4.78 is 6.20. The molecule has 94 valence electrons. The lowest BCUT2D eigenvalue weighted by atomic mass is 9.77. The Morgan fingerprint density at radius 1 is 1.19 bits per heavy atom. The van der Waals surface area contributed by atoms with E-state index in [9.17, 15) is 0 Å². The average Bonchev–Trinajstić information content (AvgIpc) is 2.16. The Bertz CT molecular complexity index is 219. The van der Waals surface area contributed by atoms with Crippen LogP contribution in [-0.4, -0.2) is 17.9 Å². The predicted molar refractivity (Wildman–Crippen MR) is 67.3 cm³/mol. The molecule has 1 heterocycles. The van der Waals surface area contributed by atoms with E-state index < -0.39 is 0 Å². The summed E-state index contributed by atoms with van der Waals surface area (Å²) in [7, 11) is 0. The quantitative estimate of drug-likeness (QED) is 0.739. The molecule has 0 aromatic heterocycles. The van der Waals surface area contributed by atoms with E-state index in [1.165, 1.54) is 25.7 Å². The molecule has 2 atom stereocenters. The number of ether oxygens (including phenoxy) is 1. The van der Waals surface area contributed by atoms with Crippen LogP contribution in [0.5, 0.6) is 0 Å². The predicted octanol–water partition coefficient (Wildman–Crippen LogP) is 3.32.